The zero-order chi connectivity index (χ0) is 17.5. The highest BCUT2D eigenvalue weighted by atomic mass is 16.5. The Hall–Kier alpha value is -1.99. The van der Waals surface area contributed by atoms with Crippen LogP contribution in [0.5, 0.6) is 17.2 Å². The van der Waals surface area contributed by atoms with Crippen LogP contribution in [0.2, 0.25) is 0 Å². The molecule has 1 aliphatic rings. The van der Waals surface area contributed by atoms with Crippen molar-refractivity contribution < 1.29 is 24.1 Å². The van der Waals surface area contributed by atoms with E-state index in [-0.39, 0.29) is 12.5 Å². The van der Waals surface area contributed by atoms with Crippen molar-refractivity contribution in [1.29, 1.82) is 0 Å². The second kappa shape index (κ2) is 8.75. The molecular formula is C17H26N2O5. The first-order chi connectivity index (χ1) is 11.6. The summed E-state index contributed by atoms with van der Waals surface area (Å²) in [4.78, 5) is 16.9. The molecule has 0 spiro atoms. The number of aliphatic hydroxyl groups is 1. The Kier molecular flexibility index (Phi) is 6.69. The number of hydrogen-bond donors (Lipinski definition) is 1. The van der Waals surface area contributed by atoms with Crippen LogP contribution < -0.4 is 14.2 Å². The van der Waals surface area contributed by atoms with Gasteiger partial charge in [0.25, 0.3) is 5.91 Å². The van der Waals surface area contributed by atoms with Gasteiger partial charge in [-0.05, 0) is 25.1 Å². The van der Waals surface area contributed by atoms with Gasteiger partial charge in [0.1, 0.15) is 0 Å². The predicted molar refractivity (Wildman–Crippen MR) is 90.1 cm³/mol. The van der Waals surface area contributed by atoms with Crippen LogP contribution in [-0.4, -0.2) is 81.5 Å². The fourth-order valence-corrected chi connectivity index (χ4v) is 2.93. The zero-order valence-corrected chi connectivity index (χ0v) is 14.6. The number of β-amino-alcohol motifs (C(OH)–C–C–N with tert-alkyl or cyclic N) is 1. The van der Waals surface area contributed by atoms with Gasteiger partial charge in [0, 0.05) is 31.7 Å². The van der Waals surface area contributed by atoms with Crippen LogP contribution in [0.15, 0.2) is 12.1 Å². The van der Waals surface area contributed by atoms with Crippen molar-refractivity contribution in [1.82, 2.24) is 9.80 Å². The van der Waals surface area contributed by atoms with Gasteiger partial charge in [-0.3, -0.25) is 9.69 Å². The molecule has 134 valence electrons. The summed E-state index contributed by atoms with van der Waals surface area (Å²) in [5.41, 5.74) is 0.514. The Bertz CT molecular complexity index is 539. The Morgan fingerprint density at radius 2 is 1.71 bits per heavy atom. The molecule has 0 aromatic heterocycles. The molecule has 0 atom stereocenters. The number of benzene rings is 1. The number of rotatable bonds is 6. The van der Waals surface area contributed by atoms with E-state index >= 15 is 0 Å². The molecule has 1 aromatic rings. The van der Waals surface area contributed by atoms with Gasteiger partial charge in [0.05, 0.1) is 27.9 Å². The zero-order valence-electron chi connectivity index (χ0n) is 14.6. The maximum absolute atomic E-state index is 12.9. The van der Waals surface area contributed by atoms with E-state index in [9.17, 15) is 4.79 Å². The van der Waals surface area contributed by atoms with Crippen LogP contribution in [0.25, 0.3) is 0 Å². The number of nitrogens with zero attached hydrogens (tertiary/aromatic N) is 2. The van der Waals surface area contributed by atoms with Gasteiger partial charge in [0.15, 0.2) is 11.5 Å². The predicted octanol–water partition coefficient (Wildman–Crippen LogP) is 0.853. The van der Waals surface area contributed by atoms with Crippen molar-refractivity contribution in [2.24, 2.45) is 0 Å². The fourth-order valence-electron chi connectivity index (χ4n) is 2.93. The summed E-state index contributed by atoms with van der Waals surface area (Å²) < 4.78 is 15.9. The number of amides is 1. The van der Waals surface area contributed by atoms with Crippen molar-refractivity contribution in [3.8, 4) is 17.2 Å². The van der Waals surface area contributed by atoms with Crippen molar-refractivity contribution in [2.75, 3.05) is 60.7 Å². The minimum absolute atomic E-state index is 0.0555. The summed E-state index contributed by atoms with van der Waals surface area (Å²) in [6, 6.07) is 3.36. The molecule has 24 heavy (non-hydrogen) atoms. The van der Waals surface area contributed by atoms with Crippen molar-refractivity contribution >= 4 is 5.91 Å². The van der Waals surface area contributed by atoms with Crippen LogP contribution in [0.4, 0.5) is 0 Å². The van der Waals surface area contributed by atoms with E-state index in [2.05, 4.69) is 4.90 Å². The van der Waals surface area contributed by atoms with Gasteiger partial charge < -0.3 is 24.2 Å². The summed E-state index contributed by atoms with van der Waals surface area (Å²) in [5.74, 6) is 1.36. The van der Waals surface area contributed by atoms with Gasteiger partial charge in [-0.1, -0.05) is 0 Å². The average molecular weight is 338 g/mol. The molecule has 0 radical (unpaired) electrons. The van der Waals surface area contributed by atoms with E-state index in [1.165, 1.54) is 21.3 Å². The first kappa shape index (κ1) is 18.4. The van der Waals surface area contributed by atoms with Crippen LogP contribution in [0.1, 0.15) is 16.8 Å². The molecule has 0 aliphatic carbocycles. The molecule has 1 aliphatic heterocycles. The normalized spacial score (nSPS) is 15.8. The quantitative estimate of drug-likeness (QED) is 0.829. The molecule has 1 N–H and O–H groups in total. The number of methoxy groups -OCH3 is 3. The van der Waals surface area contributed by atoms with Crippen LogP contribution in [0, 0.1) is 0 Å². The molecule has 1 heterocycles. The van der Waals surface area contributed by atoms with Crippen molar-refractivity contribution in [2.45, 2.75) is 6.42 Å². The maximum Gasteiger partial charge on any atom is 0.254 e. The first-order valence-corrected chi connectivity index (χ1v) is 8.07. The average Bonchev–Trinajstić information content (AvgIpc) is 2.85. The lowest BCUT2D eigenvalue weighted by molar-refractivity contribution is 0.0759. The van der Waals surface area contributed by atoms with Gasteiger partial charge >= 0.3 is 0 Å². The van der Waals surface area contributed by atoms with Gasteiger partial charge in [-0.15, -0.1) is 0 Å². The number of carbonyl (C=O) groups excluding carboxylic acids is 1. The Morgan fingerprint density at radius 3 is 2.25 bits per heavy atom. The van der Waals surface area contributed by atoms with Crippen LogP contribution in [0.3, 0.4) is 0 Å². The van der Waals surface area contributed by atoms with E-state index in [0.717, 1.165) is 19.5 Å². The summed E-state index contributed by atoms with van der Waals surface area (Å²) in [7, 11) is 4.60. The highest BCUT2D eigenvalue weighted by Crippen LogP contribution is 2.38. The standard InChI is InChI=1S/C17H26N2O5/c1-22-14-11-13(12-15(23-2)16(14)24-3)17(21)19-6-4-5-18(7-8-19)9-10-20/h11-12,20H,4-10H2,1-3H3. The summed E-state index contributed by atoms with van der Waals surface area (Å²) in [6.07, 6.45) is 0.885. The topological polar surface area (TPSA) is 71.5 Å². The van der Waals surface area contributed by atoms with Crippen LogP contribution >= 0.6 is 0 Å². The molecule has 1 saturated heterocycles. The third kappa shape index (κ3) is 4.10. The minimum Gasteiger partial charge on any atom is -0.493 e. The number of aliphatic hydroxyl groups excluding tert-OH is 1. The van der Waals surface area contributed by atoms with Gasteiger partial charge in [-0.2, -0.15) is 0 Å². The lowest BCUT2D eigenvalue weighted by atomic mass is 10.1. The van der Waals surface area contributed by atoms with Gasteiger partial charge in [-0.25, -0.2) is 0 Å². The largest absolute Gasteiger partial charge is 0.493 e. The lowest BCUT2D eigenvalue weighted by Gasteiger charge is -2.22. The van der Waals surface area contributed by atoms with E-state index in [1.807, 2.05) is 4.90 Å². The SMILES string of the molecule is COc1cc(C(=O)N2CCCN(CCO)CC2)cc(OC)c1OC. The number of ether oxygens (including phenoxy) is 3. The smallest absolute Gasteiger partial charge is 0.254 e. The summed E-state index contributed by atoms with van der Waals surface area (Å²) >= 11 is 0. The molecule has 7 nitrogen and oxygen atoms in total. The minimum atomic E-state index is -0.0555. The first-order valence-electron chi connectivity index (χ1n) is 8.07. The Labute approximate surface area is 142 Å². The van der Waals surface area contributed by atoms with Gasteiger partial charge in [0.2, 0.25) is 5.75 Å². The van der Waals surface area contributed by atoms with E-state index in [0.29, 0.717) is 42.4 Å². The van der Waals surface area contributed by atoms with Crippen LogP contribution in [-0.2, 0) is 0 Å². The van der Waals surface area contributed by atoms with Crippen molar-refractivity contribution in [3.05, 3.63) is 17.7 Å². The molecule has 1 aromatic carbocycles. The Balaban J connectivity index is 2.20. The molecule has 7 heteroatoms. The third-order valence-electron chi connectivity index (χ3n) is 4.20. The lowest BCUT2D eigenvalue weighted by Crippen LogP contribution is -2.35. The molecule has 0 saturated carbocycles. The second-order valence-electron chi connectivity index (χ2n) is 5.63. The molecule has 1 amide bonds. The van der Waals surface area contributed by atoms with E-state index in [4.69, 9.17) is 19.3 Å². The molecule has 1 fully saturated rings. The monoisotopic (exact) mass is 338 g/mol. The summed E-state index contributed by atoms with van der Waals surface area (Å²) in [6.45, 7) is 3.76. The fraction of sp³-hybridized carbons (Fsp3) is 0.588. The Morgan fingerprint density at radius 1 is 1.04 bits per heavy atom. The highest BCUT2D eigenvalue weighted by Gasteiger charge is 2.23. The highest BCUT2D eigenvalue weighted by molar-refractivity contribution is 5.95. The molecule has 2 rings (SSSR count). The third-order valence-corrected chi connectivity index (χ3v) is 4.20. The molecule has 0 bridgehead atoms. The number of hydrogen-bond acceptors (Lipinski definition) is 6. The second-order valence-corrected chi connectivity index (χ2v) is 5.63. The summed E-state index contributed by atoms with van der Waals surface area (Å²) in [5, 5.41) is 9.07. The van der Waals surface area contributed by atoms with E-state index < -0.39 is 0 Å². The molecule has 0 unspecified atom stereocenters. The maximum atomic E-state index is 12.9. The number of carbonyl (C=O) groups is 1. The van der Waals surface area contributed by atoms with E-state index in [1.54, 1.807) is 12.1 Å². The van der Waals surface area contributed by atoms with Crippen molar-refractivity contribution in [3.63, 3.8) is 0 Å². The molecular weight excluding hydrogens is 312 g/mol.